The zero-order valence-electron chi connectivity index (χ0n) is 17.5. The molecule has 3 rings (SSSR count). The second-order valence-corrected chi connectivity index (χ2v) is 9.88. The van der Waals surface area contributed by atoms with Gasteiger partial charge in [0.25, 0.3) is 5.91 Å². The number of nitrogens with zero attached hydrogens (tertiary/aromatic N) is 3. The number of carboxylic acids is 1. The number of hydrogen-bond donors (Lipinski definition) is 2. The summed E-state index contributed by atoms with van der Waals surface area (Å²) in [5.41, 5.74) is 2.63. The van der Waals surface area contributed by atoms with Crippen molar-refractivity contribution in [1.82, 2.24) is 14.9 Å². The van der Waals surface area contributed by atoms with Gasteiger partial charge in [0.05, 0.1) is 0 Å². The molecule has 2 amide bonds. The molecule has 1 aromatic heterocycles. The van der Waals surface area contributed by atoms with Gasteiger partial charge in [-0.05, 0) is 30.4 Å². The summed E-state index contributed by atoms with van der Waals surface area (Å²) in [4.78, 5) is 44.4. The number of benzene rings is 1. The molecule has 31 heavy (non-hydrogen) atoms. The van der Waals surface area contributed by atoms with E-state index >= 15 is 0 Å². The Hall–Kier alpha value is -2.65. The fraction of sp³-hybridized carbons (Fsp3) is 0.429. The standard InChI is InChI=1S/C21H25ClN4O4S/c1-21(2,3)16(18(28)25-11-7-10-14(25)19(29)30)26(24-15-12-31-20(22)23-15)17(27)13-8-5-4-6-9-13/h4-6,8-9,12,14,16,24H,7,10-11H2,1-3H3,(H,29,30)/t14-,16+/m0/s1. The maximum absolute atomic E-state index is 13.7. The first-order valence-electron chi connectivity index (χ1n) is 9.89. The van der Waals surface area contributed by atoms with Gasteiger partial charge in [0.1, 0.15) is 12.1 Å². The van der Waals surface area contributed by atoms with Gasteiger partial charge in [-0.1, -0.05) is 50.6 Å². The van der Waals surface area contributed by atoms with Crippen LogP contribution in [0, 0.1) is 5.41 Å². The third-order valence-electron chi connectivity index (χ3n) is 5.08. The Kier molecular flexibility index (Phi) is 6.86. The summed E-state index contributed by atoms with van der Waals surface area (Å²) in [6.07, 6.45) is 0.987. The molecule has 2 aromatic rings. The van der Waals surface area contributed by atoms with Gasteiger partial charge in [-0.15, -0.1) is 11.3 Å². The van der Waals surface area contributed by atoms with E-state index in [-0.39, 0.29) is 0 Å². The minimum absolute atomic E-state index is 0.290. The number of amides is 2. The van der Waals surface area contributed by atoms with Crippen LogP contribution in [0.1, 0.15) is 44.0 Å². The van der Waals surface area contributed by atoms with Crippen LogP contribution in [0.15, 0.2) is 35.7 Å². The minimum atomic E-state index is -1.04. The molecular formula is C21H25ClN4O4S. The smallest absolute Gasteiger partial charge is 0.326 e. The fourth-order valence-electron chi connectivity index (χ4n) is 3.69. The molecule has 0 unspecified atom stereocenters. The van der Waals surface area contributed by atoms with Gasteiger partial charge in [-0.3, -0.25) is 15.0 Å². The van der Waals surface area contributed by atoms with Crippen molar-refractivity contribution in [3.8, 4) is 0 Å². The number of hydrazine groups is 1. The first kappa shape index (κ1) is 23.0. The van der Waals surface area contributed by atoms with Gasteiger partial charge in [0, 0.05) is 17.5 Å². The molecule has 0 spiro atoms. The van der Waals surface area contributed by atoms with Gasteiger partial charge in [-0.25, -0.2) is 14.8 Å². The van der Waals surface area contributed by atoms with Crippen LogP contribution in [0.2, 0.25) is 4.47 Å². The van der Waals surface area contributed by atoms with E-state index in [9.17, 15) is 19.5 Å². The molecule has 1 aromatic carbocycles. The van der Waals surface area contributed by atoms with E-state index in [4.69, 9.17) is 11.6 Å². The third kappa shape index (κ3) is 5.16. The molecule has 0 saturated carbocycles. The minimum Gasteiger partial charge on any atom is -0.480 e. The van der Waals surface area contributed by atoms with Crippen LogP contribution in [0.4, 0.5) is 5.82 Å². The van der Waals surface area contributed by atoms with Crippen molar-refractivity contribution in [2.24, 2.45) is 5.41 Å². The predicted octanol–water partition coefficient (Wildman–Crippen LogP) is 3.76. The lowest BCUT2D eigenvalue weighted by atomic mass is 9.84. The topological polar surface area (TPSA) is 103 Å². The average Bonchev–Trinajstić information content (AvgIpc) is 3.35. The molecule has 0 aliphatic carbocycles. The van der Waals surface area contributed by atoms with Crippen molar-refractivity contribution in [2.75, 3.05) is 12.0 Å². The largest absolute Gasteiger partial charge is 0.480 e. The first-order valence-corrected chi connectivity index (χ1v) is 11.1. The highest BCUT2D eigenvalue weighted by Gasteiger charge is 2.46. The van der Waals surface area contributed by atoms with E-state index < -0.39 is 35.3 Å². The number of hydrogen-bond acceptors (Lipinski definition) is 6. The first-order chi connectivity index (χ1) is 14.6. The maximum Gasteiger partial charge on any atom is 0.326 e. The Morgan fingerprint density at radius 3 is 2.52 bits per heavy atom. The van der Waals surface area contributed by atoms with Crippen molar-refractivity contribution in [2.45, 2.75) is 45.7 Å². The number of likely N-dealkylation sites (tertiary alicyclic amines) is 1. The van der Waals surface area contributed by atoms with Crippen molar-refractivity contribution in [3.05, 3.63) is 45.7 Å². The summed E-state index contributed by atoms with van der Waals surface area (Å²) in [5.74, 6) is -1.56. The molecule has 1 fully saturated rings. The summed E-state index contributed by atoms with van der Waals surface area (Å²) in [7, 11) is 0. The zero-order chi connectivity index (χ0) is 22.8. The summed E-state index contributed by atoms with van der Waals surface area (Å²) >= 11 is 7.15. The van der Waals surface area contributed by atoms with Gasteiger partial charge in [0.2, 0.25) is 5.91 Å². The van der Waals surface area contributed by atoms with Crippen molar-refractivity contribution >= 4 is 46.5 Å². The molecular weight excluding hydrogens is 440 g/mol. The molecule has 166 valence electrons. The monoisotopic (exact) mass is 464 g/mol. The Labute approximate surface area is 189 Å². The normalized spacial score (nSPS) is 17.3. The van der Waals surface area contributed by atoms with Crippen LogP contribution in [-0.2, 0) is 9.59 Å². The summed E-state index contributed by atoms with van der Waals surface area (Å²) in [6, 6.07) is 6.69. The lowest BCUT2D eigenvalue weighted by Gasteiger charge is -2.41. The number of nitrogens with one attached hydrogen (secondary N) is 1. The quantitative estimate of drug-likeness (QED) is 0.631. The lowest BCUT2D eigenvalue weighted by molar-refractivity contribution is -0.151. The highest BCUT2D eigenvalue weighted by molar-refractivity contribution is 7.14. The second kappa shape index (κ2) is 9.23. The predicted molar refractivity (Wildman–Crippen MR) is 119 cm³/mol. The molecule has 1 aliphatic rings. The Morgan fingerprint density at radius 1 is 1.29 bits per heavy atom. The number of carboxylic acid groups (broad SMARTS) is 1. The highest BCUT2D eigenvalue weighted by Crippen LogP contribution is 2.31. The lowest BCUT2D eigenvalue weighted by Crippen LogP contribution is -2.60. The molecule has 10 heteroatoms. The summed E-state index contributed by atoms with van der Waals surface area (Å²) in [5, 5.41) is 12.5. The molecule has 0 radical (unpaired) electrons. The van der Waals surface area contributed by atoms with Crippen molar-refractivity contribution in [3.63, 3.8) is 0 Å². The van der Waals surface area contributed by atoms with E-state index in [1.807, 2.05) is 20.8 Å². The third-order valence-corrected chi connectivity index (χ3v) is 6.06. The average molecular weight is 465 g/mol. The van der Waals surface area contributed by atoms with Crippen LogP contribution in [0.5, 0.6) is 0 Å². The molecule has 0 bridgehead atoms. The number of anilines is 1. The molecule has 8 nitrogen and oxygen atoms in total. The molecule has 2 heterocycles. The van der Waals surface area contributed by atoms with E-state index in [2.05, 4.69) is 10.4 Å². The number of carbonyl (C=O) groups excluding carboxylic acids is 2. The SMILES string of the molecule is CC(C)(C)[C@@H](C(=O)N1CCC[C@H]1C(=O)O)N(Nc1csc(Cl)n1)C(=O)c1ccccc1. The maximum atomic E-state index is 13.7. The Morgan fingerprint density at radius 2 is 1.97 bits per heavy atom. The van der Waals surface area contributed by atoms with Crippen LogP contribution >= 0.6 is 22.9 Å². The van der Waals surface area contributed by atoms with Gasteiger partial charge >= 0.3 is 5.97 Å². The van der Waals surface area contributed by atoms with Gasteiger partial charge < -0.3 is 10.0 Å². The van der Waals surface area contributed by atoms with E-state index in [0.29, 0.717) is 35.2 Å². The number of thiazole rings is 1. The van der Waals surface area contributed by atoms with Crippen molar-refractivity contribution < 1.29 is 19.5 Å². The molecule has 1 saturated heterocycles. The van der Waals surface area contributed by atoms with Crippen LogP contribution in [0.3, 0.4) is 0 Å². The fourth-order valence-corrected chi connectivity index (χ4v) is 4.38. The number of carbonyl (C=O) groups is 3. The van der Waals surface area contributed by atoms with E-state index in [1.54, 1.807) is 35.7 Å². The van der Waals surface area contributed by atoms with E-state index in [1.165, 1.54) is 21.2 Å². The van der Waals surface area contributed by atoms with Gasteiger partial charge in [-0.2, -0.15) is 0 Å². The highest BCUT2D eigenvalue weighted by atomic mass is 35.5. The van der Waals surface area contributed by atoms with E-state index in [0.717, 1.165) is 0 Å². The molecule has 2 N–H and O–H groups in total. The number of aliphatic carboxylic acids is 1. The summed E-state index contributed by atoms with van der Waals surface area (Å²) < 4.78 is 0.290. The van der Waals surface area contributed by atoms with Gasteiger partial charge in [0.15, 0.2) is 10.3 Å². The second-order valence-electron chi connectivity index (χ2n) is 8.44. The number of aromatic nitrogens is 1. The van der Waals surface area contributed by atoms with Crippen LogP contribution < -0.4 is 5.43 Å². The van der Waals surface area contributed by atoms with Crippen LogP contribution in [0.25, 0.3) is 0 Å². The summed E-state index contributed by atoms with van der Waals surface area (Å²) in [6.45, 7) is 5.84. The van der Waals surface area contributed by atoms with Crippen LogP contribution in [-0.4, -0.2) is 56.4 Å². The molecule has 2 atom stereocenters. The Bertz CT molecular complexity index is 960. The number of rotatable bonds is 6. The Balaban J connectivity index is 2.03. The molecule has 1 aliphatic heterocycles. The number of halogens is 1. The zero-order valence-corrected chi connectivity index (χ0v) is 19.1. The van der Waals surface area contributed by atoms with Crippen molar-refractivity contribution in [1.29, 1.82) is 0 Å².